The lowest BCUT2D eigenvalue weighted by Gasteiger charge is -2.55. The van der Waals surface area contributed by atoms with Crippen LogP contribution in [0.5, 0.6) is 0 Å². The Hall–Kier alpha value is -1.00. The zero-order valence-corrected chi connectivity index (χ0v) is 13.9. The largest absolute Gasteiger partial charge is 0.389 e. The van der Waals surface area contributed by atoms with E-state index >= 15 is 0 Å². The van der Waals surface area contributed by atoms with Gasteiger partial charge in [0.2, 0.25) is 0 Å². The van der Waals surface area contributed by atoms with Crippen LogP contribution in [0.15, 0.2) is 23.8 Å². The van der Waals surface area contributed by atoms with Crippen LogP contribution in [0, 0.1) is 28.6 Å². The van der Waals surface area contributed by atoms with Gasteiger partial charge in [-0.2, -0.15) is 0 Å². The Bertz CT molecular complexity index is 625. The summed E-state index contributed by atoms with van der Waals surface area (Å²) >= 11 is 0. The number of rotatable bonds is 0. The fourth-order valence-electron chi connectivity index (χ4n) is 6.01. The van der Waals surface area contributed by atoms with E-state index in [4.69, 9.17) is 5.73 Å². The molecule has 0 aliphatic heterocycles. The Morgan fingerprint density at radius 1 is 1.26 bits per heavy atom. The van der Waals surface area contributed by atoms with Gasteiger partial charge in [0.25, 0.3) is 0 Å². The second kappa shape index (κ2) is 4.54. The first-order valence-corrected chi connectivity index (χ1v) is 8.79. The molecule has 2 fully saturated rings. The molecule has 0 heterocycles. The molecule has 0 aromatic carbocycles. The Balaban J connectivity index is 1.78. The van der Waals surface area contributed by atoms with Gasteiger partial charge < -0.3 is 5.11 Å². The number of carbonyl (C=O) groups excluding carboxylic acids is 1. The molecule has 4 heteroatoms. The minimum atomic E-state index is -1.66. The van der Waals surface area contributed by atoms with E-state index < -0.39 is 17.3 Å². The third-order valence-corrected chi connectivity index (χ3v) is 7.63. The molecule has 0 saturated heterocycles. The molecule has 2 saturated carbocycles. The van der Waals surface area contributed by atoms with Crippen LogP contribution >= 0.6 is 0 Å². The molecule has 7 atom stereocenters. The van der Waals surface area contributed by atoms with E-state index in [-0.39, 0.29) is 29.0 Å². The second-order valence-corrected chi connectivity index (χ2v) is 8.58. The van der Waals surface area contributed by atoms with Crippen molar-refractivity contribution in [3.63, 3.8) is 0 Å². The van der Waals surface area contributed by atoms with E-state index in [1.807, 2.05) is 13.0 Å². The lowest BCUT2D eigenvalue weighted by atomic mass is 9.48. The number of carbonyl (C=O) groups is 1. The first-order valence-electron chi connectivity index (χ1n) is 8.79. The van der Waals surface area contributed by atoms with Crippen molar-refractivity contribution in [2.75, 3.05) is 0 Å². The summed E-state index contributed by atoms with van der Waals surface area (Å²) in [4.78, 5) is 12.9. The fraction of sp³-hybridized carbons (Fsp3) is 0.737. The van der Waals surface area contributed by atoms with E-state index in [0.29, 0.717) is 19.3 Å². The molecule has 0 spiro atoms. The average molecular weight is 319 g/mol. The van der Waals surface area contributed by atoms with Crippen LogP contribution in [0.4, 0.5) is 4.39 Å². The van der Waals surface area contributed by atoms with Crippen molar-refractivity contribution in [1.29, 1.82) is 0 Å². The van der Waals surface area contributed by atoms with Crippen molar-refractivity contribution < 1.29 is 14.3 Å². The summed E-state index contributed by atoms with van der Waals surface area (Å²) in [6.45, 7) is 4.12. The predicted molar refractivity (Wildman–Crippen MR) is 86.0 cm³/mol. The van der Waals surface area contributed by atoms with Crippen LogP contribution in [0.3, 0.4) is 0 Å². The smallest absolute Gasteiger partial charge is 0.164 e. The molecular weight excluding hydrogens is 293 g/mol. The minimum absolute atomic E-state index is 0.0265. The van der Waals surface area contributed by atoms with Crippen LogP contribution < -0.4 is 5.73 Å². The van der Waals surface area contributed by atoms with Crippen molar-refractivity contribution in [2.45, 2.75) is 57.8 Å². The number of hydrogen-bond donors (Lipinski definition) is 2. The Labute approximate surface area is 136 Å². The van der Waals surface area contributed by atoms with Crippen molar-refractivity contribution >= 4 is 5.78 Å². The number of allylic oxidation sites excluding steroid dienone is 2. The number of ketones is 1. The van der Waals surface area contributed by atoms with E-state index in [1.165, 1.54) is 0 Å². The van der Waals surface area contributed by atoms with Crippen LogP contribution in [0.1, 0.15) is 46.0 Å². The lowest BCUT2D eigenvalue weighted by Crippen LogP contribution is -2.57. The van der Waals surface area contributed by atoms with Gasteiger partial charge in [-0.1, -0.05) is 31.6 Å². The van der Waals surface area contributed by atoms with E-state index in [1.54, 1.807) is 6.08 Å². The van der Waals surface area contributed by atoms with Gasteiger partial charge in [-0.05, 0) is 50.0 Å². The molecule has 4 aliphatic rings. The van der Waals surface area contributed by atoms with Crippen molar-refractivity contribution in [3.8, 4) is 0 Å². The summed E-state index contributed by atoms with van der Waals surface area (Å²) in [6, 6.07) is 0. The summed E-state index contributed by atoms with van der Waals surface area (Å²) in [5, 5.41) is 9.90. The average Bonchev–Trinajstić information content (AvgIpc) is 2.72. The van der Waals surface area contributed by atoms with Crippen molar-refractivity contribution in [1.82, 2.24) is 0 Å². The number of aliphatic hydroxyl groups excluding tert-OH is 1. The van der Waals surface area contributed by atoms with Crippen LogP contribution in [-0.2, 0) is 4.79 Å². The van der Waals surface area contributed by atoms with Gasteiger partial charge in [-0.25, -0.2) is 4.39 Å². The monoisotopic (exact) mass is 319 g/mol. The van der Waals surface area contributed by atoms with Gasteiger partial charge in [-0.15, -0.1) is 0 Å². The molecule has 126 valence electrons. The Morgan fingerprint density at radius 3 is 2.70 bits per heavy atom. The highest BCUT2D eigenvalue weighted by Crippen LogP contribution is 2.65. The molecule has 4 rings (SSSR count). The minimum Gasteiger partial charge on any atom is -0.389 e. The fourth-order valence-corrected chi connectivity index (χ4v) is 6.01. The molecule has 0 aromatic rings. The molecule has 3 unspecified atom stereocenters. The molecule has 3 N–H and O–H groups in total. The van der Waals surface area contributed by atoms with Crippen molar-refractivity contribution in [3.05, 3.63) is 23.8 Å². The molecule has 23 heavy (non-hydrogen) atoms. The van der Waals surface area contributed by atoms with Crippen molar-refractivity contribution in [2.24, 2.45) is 34.3 Å². The molecule has 0 bridgehead atoms. The van der Waals surface area contributed by atoms with Crippen LogP contribution in [0.25, 0.3) is 0 Å². The lowest BCUT2D eigenvalue weighted by molar-refractivity contribution is -0.135. The third kappa shape index (κ3) is 1.85. The predicted octanol–water partition coefficient (Wildman–Crippen LogP) is 2.89. The second-order valence-electron chi connectivity index (χ2n) is 8.58. The van der Waals surface area contributed by atoms with Gasteiger partial charge in [0.1, 0.15) is 0 Å². The molecule has 4 aliphatic carbocycles. The van der Waals surface area contributed by atoms with Gasteiger partial charge >= 0.3 is 0 Å². The first-order chi connectivity index (χ1) is 10.7. The number of alkyl halides is 1. The van der Waals surface area contributed by atoms with Gasteiger partial charge in [0.05, 0.1) is 6.10 Å². The Morgan fingerprint density at radius 2 is 1.96 bits per heavy atom. The van der Waals surface area contributed by atoms with Gasteiger partial charge in [0.15, 0.2) is 11.6 Å². The zero-order valence-electron chi connectivity index (χ0n) is 13.9. The topological polar surface area (TPSA) is 63.3 Å². The number of nitrogens with two attached hydrogens (primary N) is 1. The highest BCUT2D eigenvalue weighted by Gasteiger charge is 2.65. The number of aliphatic hydroxyl groups is 1. The maximum absolute atomic E-state index is 14.9. The summed E-state index contributed by atoms with van der Waals surface area (Å²) in [7, 11) is 0. The van der Waals surface area contributed by atoms with E-state index in [2.05, 4.69) is 13.0 Å². The Kier molecular flexibility index (Phi) is 3.07. The highest BCUT2D eigenvalue weighted by molar-refractivity contribution is 5.95. The molecule has 0 radical (unpaired) electrons. The number of halogens is 1. The standard InChI is InChI=1S/C19H26FNO2/c1-17-6-3-12(22)9-11(17)10-15(23)16-13(17)4-7-18(2)14(16)5-8-19(18,20)21/h3,6,10,12-14,16,22H,4-5,7-9,21H2,1-2H3/t12?,13-,14+,16?,17+,18+,19?/m1/s1. The van der Waals surface area contributed by atoms with Gasteiger partial charge in [-0.3, -0.25) is 10.5 Å². The third-order valence-electron chi connectivity index (χ3n) is 7.63. The van der Waals surface area contributed by atoms with Crippen LogP contribution in [-0.4, -0.2) is 22.8 Å². The molecule has 0 amide bonds. The van der Waals surface area contributed by atoms with E-state index in [9.17, 15) is 14.3 Å². The maximum Gasteiger partial charge on any atom is 0.164 e. The summed E-state index contributed by atoms with van der Waals surface area (Å²) in [6.07, 6.45) is 8.33. The zero-order chi connectivity index (χ0) is 16.6. The summed E-state index contributed by atoms with van der Waals surface area (Å²) in [5.41, 5.74) is 6.24. The SMILES string of the molecule is C[C@]12C=CC(O)CC1=CC(=O)C1[C@H]2CC[C@@]2(C)[C@H]1CCC2(N)F. The summed E-state index contributed by atoms with van der Waals surface area (Å²) < 4.78 is 14.9. The molecule has 0 aromatic heterocycles. The molecule has 3 nitrogen and oxygen atoms in total. The highest BCUT2D eigenvalue weighted by atomic mass is 19.1. The maximum atomic E-state index is 14.9. The normalized spacial score (nSPS) is 55.0. The number of hydrogen-bond acceptors (Lipinski definition) is 3. The summed E-state index contributed by atoms with van der Waals surface area (Å²) in [5.74, 6) is -1.45. The molecular formula is C19H26FNO2. The van der Waals surface area contributed by atoms with Gasteiger partial charge in [0, 0.05) is 16.7 Å². The van der Waals surface area contributed by atoms with Crippen LogP contribution in [0.2, 0.25) is 0 Å². The quantitative estimate of drug-likeness (QED) is 0.533. The van der Waals surface area contributed by atoms with E-state index in [0.717, 1.165) is 18.4 Å². The first kappa shape index (κ1) is 15.5. The number of fused-ring (bicyclic) bond motifs is 5.